The highest BCUT2D eigenvalue weighted by molar-refractivity contribution is 7.99. The number of sulfonamides is 1. The van der Waals surface area contributed by atoms with Crippen LogP contribution in [0.4, 0.5) is 4.39 Å². The van der Waals surface area contributed by atoms with Crippen molar-refractivity contribution in [2.45, 2.75) is 24.8 Å². The lowest BCUT2D eigenvalue weighted by Crippen LogP contribution is -2.12. The van der Waals surface area contributed by atoms with Crippen molar-refractivity contribution in [1.29, 1.82) is 0 Å². The van der Waals surface area contributed by atoms with E-state index in [4.69, 9.17) is 5.14 Å². The molecule has 0 spiro atoms. The summed E-state index contributed by atoms with van der Waals surface area (Å²) in [5.74, 6) is 1.47. The number of aromatic nitrogens is 1. The molecule has 0 aliphatic heterocycles. The molecule has 0 atom stereocenters. The third-order valence-corrected chi connectivity index (χ3v) is 4.93. The monoisotopic (exact) mass is 316 g/mol. The van der Waals surface area contributed by atoms with E-state index in [1.807, 2.05) is 11.8 Å². The van der Waals surface area contributed by atoms with Gasteiger partial charge in [0.1, 0.15) is 10.7 Å². The molecule has 0 saturated heterocycles. The molecule has 110 valence electrons. The average molecular weight is 316 g/mol. The van der Waals surface area contributed by atoms with E-state index in [1.165, 1.54) is 12.3 Å². The molecule has 4 nitrogen and oxygen atoms in total. The van der Waals surface area contributed by atoms with Gasteiger partial charge in [0.2, 0.25) is 10.0 Å². The lowest BCUT2D eigenvalue weighted by Gasteiger charge is -2.04. The highest BCUT2D eigenvalue weighted by Crippen LogP contribution is 2.27. The molecular weight excluding hydrogens is 299 g/mol. The molecule has 20 heavy (non-hydrogen) atoms. The van der Waals surface area contributed by atoms with Crippen LogP contribution in [0.1, 0.15) is 13.3 Å². The summed E-state index contributed by atoms with van der Waals surface area (Å²) in [5.41, 5.74) is 0.565. The second-order valence-corrected chi connectivity index (χ2v) is 7.34. The first-order valence-electron chi connectivity index (χ1n) is 6.33. The summed E-state index contributed by atoms with van der Waals surface area (Å²) in [6.45, 7) is 2.73. The number of nitrogens with two attached hydrogens (primary N) is 1. The fourth-order valence-corrected chi connectivity index (χ4v) is 3.54. The maximum Gasteiger partial charge on any atom is 0.240 e. The molecule has 1 aromatic carbocycles. The van der Waals surface area contributed by atoms with E-state index in [-0.39, 0.29) is 10.3 Å². The summed E-state index contributed by atoms with van der Waals surface area (Å²) >= 11 is 1.82. The molecule has 1 aromatic heterocycles. The summed E-state index contributed by atoms with van der Waals surface area (Å²) in [5, 5.41) is 5.25. The average Bonchev–Trinajstić information content (AvgIpc) is 2.75. The molecule has 2 N–H and O–H groups in total. The summed E-state index contributed by atoms with van der Waals surface area (Å²) in [7, 11) is -3.93. The highest BCUT2D eigenvalue weighted by atomic mass is 32.2. The maximum atomic E-state index is 13.9. The highest BCUT2D eigenvalue weighted by Gasteiger charge is 2.19. The van der Waals surface area contributed by atoms with Gasteiger partial charge in [0.05, 0.1) is 10.9 Å². The second kappa shape index (κ2) is 6.15. The van der Waals surface area contributed by atoms with Gasteiger partial charge in [0, 0.05) is 12.7 Å². The van der Waals surface area contributed by atoms with Crippen molar-refractivity contribution in [2.75, 3.05) is 11.5 Å². The zero-order chi connectivity index (χ0) is 14.8. The van der Waals surface area contributed by atoms with Crippen LogP contribution < -0.4 is 5.14 Å². The van der Waals surface area contributed by atoms with E-state index in [9.17, 15) is 12.8 Å². The van der Waals surface area contributed by atoms with E-state index < -0.39 is 15.8 Å². The third kappa shape index (κ3) is 3.16. The topological polar surface area (TPSA) is 65.1 Å². The van der Waals surface area contributed by atoms with Crippen molar-refractivity contribution in [3.63, 3.8) is 0 Å². The number of nitrogens with zero attached hydrogens (tertiary/aromatic N) is 1. The number of benzene rings is 1. The summed E-state index contributed by atoms with van der Waals surface area (Å²) < 4.78 is 38.8. The Morgan fingerprint density at radius 2 is 2.15 bits per heavy atom. The predicted octanol–water partition coefficient (Wildman–Crippen LogP) is 2.57. The van der Waals surface area contributed by atoms with Gasteiger partial charge in [-0.1, -0.05) is 13.0 Å². The van der Waals surface area contributed by atoms with Crippen LogP contribution in [0.15, 0.2) is 29.3 Å². The van der Waals surface area contributed by atoms with Crippen LogP contribution in [0.5, 0.6) is 0 Å². The molecule has 0 aliphatic rings. The van der Waals surface area contributed by atoms with Crippen molar-refractivity contribution in [3.8, 4) is 0 Å². The van der Waals surface area contributed by atoms with Gasteiger partial charge in [-0.05, 0) is 30.1 Å². The van der Waals surface area contributed by atoms with Gasteiger partial charge < -0.3 is 4.57 Å². The zero-order valence-electron chi connectivity index (χ0n) is 11.2. The number of halogens is 1. The van der Waals surface area contributed by atoms with Crippen molar-refractivity contribution < 1.29 is 12.8 Å². The molecule has 0 fully saturated rings. The van der Waals surface area contributed by atoms with E-state index in [0.29, 0.717) is 12.1 Å². The first-order valence-corrected chi connectivity index (χ1v) is 9.03. The molecule has 0 unspecified atom stereocenters. The van der Waals surface area contributed by atoms with Crippen LogP contribution in [-0.4, -0.2) is 24.5 Å². The minimum absolute atomic E-state index is 0.0816. The Morgan fingerprint density at radius 1 is 1.40 bits per heavy atom. The number of rotatable bonds is 6. The minimum Gasteiger partial charge on any atom is -0.346 e. The summed E-state index contributed by atoms with van der Waals surface area (Å²) in [4.78, 5) is -0.145. The van der Waals surface area contributed by atoms with Crippen molar-refractivity contribution >= 4 is 32.7 Å². The van der Waals surface area contributed by atoms with E-state index in [2.05, 4.69) is 6.92 Å². The number of thioether (sulfide) groups is 1. The van der Waals surface area contributed by atoms with Crippen molar-refractivity contribution in [3.05, 3.63) is 30.2 Å². The van der Waals surface area contributed by atoms with Crippen molar-refractivity contribution in [2.24, 2.45) is 5.14 Å². The van der Waals surface area contributed by atoms with Crippen LogP contribution in [0.2, 0.25) is 0 Å². The van der Waals surface area contributed by atoms with E-state index >= 15 is 0 Å². The standard InChI is InChI=1S/C13H17FN2O2S2/c1-2-19-8-4-7-16-9-12(20(15,17)18)13-10(14)5-3-6-11(13)16/h3,5-6,9H,2,4,7-8H2,1H3,(H2,15,17,18). The van der Waals surface area contributed by atoms with Crippen LogP contribution in [0.25, 0.3) is 10.9 Å². The molecule has 0 bridgehead atoms. The summed E-state index contributed by atoms with van der Waals surface area (Å²) in [6.07, 6.45) is 2.32. The molecule has 0 amide bonds. The van der Waals surface area contributed by atoms with E-state index in [0.717, 1.165) is 17.9 Å². The first kappa shape index (κ1) is 15.3. The lowest BCUT2D eigenvalue weighted by molar-refractivity contribution is 0.596. The van der Waals surface area contributed by atoms with E-state index in [1.54, 1.807) is 16.7 Å². The molecule has 7 heteroatoms. The van der Waals surface area contributed by atoms with Gasteiger partial charge in [0.15, 0.2) is 0 Å². The minimum atomic E-state index is -3.93. The van der Waals surface area contributed by atoms with Crippen LogP contribution >= 0.6 is 11.8 Å². The molecule has 0 aliphatic carbocycles. The van der Waals surface area contributed by atoms with Crippen LogP contribution in [0.3, 0.4) is 0 Å². The predicted molar refractivity (Wildman–Crippen MR) is 80.9 cm³/mol. The fraction of sp³-hybridized carbons (Fsp3) is 0.385. The van der Waals surface area contributed by atoms with Gasteiger partial charge in [0.25, 0.3) is 0 Å². The van der Waals surface area contributed by atoms with Crippen molar-refractivity contribution in [1.82, 2.24) is 4.57 Å². The Balaban J connectivity index is 2.44. The number of hydrogen-bond acceptors (Lipinski definition) is 3. The Morgan fingerprint density at radius 3 is 2.80 bits per heavy atom. The number of hydrogen-bond donors (Lipinski definition) is 1. The molecule has 2 rings (SSSR count). The van der Waals surface area contributed by atoms with Gasteiger partial charge in [-0.25, -0.2) is 17.9 Å². The van der Waals surface area contributed by atoms with Crippen LogP contribution in [-0.2, 0) is 16.6 Å². The Kier molecular flexibility index (Phi) is 4.72. The molecule has 2 aromatic rings. The first-order chi connectivity index (χ1) is 9.45. The fourth-order valence-electron chi connectivity index (χ4n) is 2.15. The zero-order valence-corrected chi connectivity index (χ0v) is 12.8. The SMILES string of the molecule is CCSCCCn1cc(S(N)(=O)=O)c2c(F)cccc21. The largest absolute Gasteiger partial charge is 0.346 e. The Hall–Kier alpha value is -1.05. The number of fused-ring (bicyclic) bond motifs is 1. The molecule has 0 radical (unpaired) electrons. The summed E-state index contributed by atoms with van der Waals surface area (Å²) in [6, 6.07) is 4.52. The number of primary sulfonamides is 1. The molecule has 1 heterocycles. The van der Waals surface area contributed by atoms with Gasteiger partial charge in [-0.15, -0.1) is 0 Å². The molecule has 0 saturated carbocycles. The van der Waals surface area contributed by atoms with Gasteiger partial charge >= 0.3 is 0 Å². The van der Waals surface area contributed by atoms with Gasteiger partial charge in [-0.2, -0.15) is 11.8 Å². The quantitative estimate of drug-likeness (QED) is 0.833. The lowest BCUT2D eigenvalue weighted by atomic mass is 10.2. The Bertz CT molecular complexity index is 710. The second-order valence-electron chi connectivity index (χ2n) is 4.42. The Labute approximate surface area is 122 Å². The van der Waals surface area contributed by atoms with Gasteiger partial charge in [-0.3, -0.25) is 0 Å². The third-order valence-electron chi connectivity index (χ3n) is 3.02. The van der Waals surface area contributed by atoms with Crippen LogP contribution in [0, 0.1) is 5.82 Å². The smallest absolute Gasteiger partial charge is 0.240 e. The molecular formula is C13H17FN2O2S2. The maximum absolute atomic E-state index is 13.9. The normalized spacial score (nSPS) is 12.2. The number of aryl methyl sites for hydroxylation is 1.